The van der Waals surface area contributed by atoms with Crippen molar-refractivity contribution in [2.75, 3.05) is 13.2 Å². The van der Waals surface area contributed by atoms with Gasteiger partial charge in [-0.1, -0.05) is 0 Å². The van der Waals surface area contributed by atoms with Crippen molar-refractivity contribution in [1.29, 1.82) is 0 Å². The van der Waals surface area contributed by atoms with Crippen molar-refractivity contribution in [2.24, 2.45) is 7.05 Å². The summed E-state index contributed by atoms with van der Waals surface area (Å²) < 4.78 is 12.6. The van der Waals surface area contributed by atoms with Crippen LogP contribution in [-0.4, -0.2) is 28.8 Å². The van der Waals surface area contributed by atoms with Crippen molar-refractivity contribution in [3.63, 3.8) is 0 Å². The fourth-order valence-electron chi connectivity index (χ4n) is 2.00. The van der Waals surface area contributed by atoms with E-state index < -0.39 is 0 Å². The minimum Gasteiger partial charge on any atom is -0.486 e. The van der Waals surface area contributed by atoms with E-state index in [1.807, 2.05) is 13.1 Å². The number of ketones is 1. The highest BCUT2D eigenvalue weighted by molar-refractivity contribution is 6.07. The summed E-state index contributed by atoms with van der Waals surface area (Å²) in [5.74, 6) is 1.22. The largest absolute Gasteiger partial charge is 0.486 e. The molecule has 0 N–H and O–H groups in total. The average Bonchev–Trinajstić information content (AvgIpc) is 2.89. The molecule has 2 aromatic rings. The number of nitrogens with zero attached hydrogens (tertiary/aromatic N) is 2. The normalized spacial score (nSPS) is 13.7. The third-order valence-electron chi connectivity index (χ3n) is 3.09. The first-order valence-electron chi connectivity index (χ1n) is 6.34. The summed E-state index contributed by atoms with van der Waals surface area (Å²) in [4.78, 5) is 12.1. The van der Waals surface area contributed by atoms with Gasteiger partial charge in [-0.2, -0.15) is 5.10 Å². The van der Waals surface area contributed by atoms with E-state index in [0.29, 0.717) is 30.3 Å². The molecule has 0 unspecified atom stereocenters. The van der Waals surface area contributed by atoms with Crippen molar-refractivity contribution in [3.8, 4) is 11.5 Å². The molecule has 0 amide bonds. The van der Waals surface area contributed by atoms with Crippen LogP contribution in [0.25, 0.3) is 6.08 Å². The summed E-state index contributed by atoms with van der Waals surface area (Å²) >= 11 is 0. The zero-order valence-electron chi connectivity index (χ0n) is 11.1. The molecule has 1 aliphatic heterocycles. The summed E-state index contributed by atoms with van der Waals surface area (Å²) in [6, 6.07) is 7.06. The molecule has 1 aliphatic rings. The van der Waals surface area contributed by atoms with Crippen LogP contribution in [0.15, 0.2) is 36.5 Å². The topological polar surface area (TPSA) is 53.4 Å². The van der Waals surface area contributed by atoms with E-state index in [1.165, 1.54) is 6.08 Å². The Labute approximate surface area is 116 Å². The molecule has 0 radical (unpaired) electrons. The molecule has 20 heavy (non-hydrogen) atoms. The number of aromatic nitrogens is 2. The van der Waals surface area contributed by atoms with E-state index in [0.717, 1.165) is 5.69 Å². The lowest BCUT2D eigenvalue weighted by Crippen LogP contribution is -2.15. The molecular weight excluding hydrogens is 256 g/mol. The number of carbonyl (C=O) groups excluding carboxylic acids is 1. The molecule has 1 aromatic heterocycles. The molecule has 0 fully saturated rings. The lowest BCUT2D eigenvalue weighted by molar-refractivity contribution is 0.104. The van der Waals surface area contributed by atoms with Crippen LogP contribution in [-0.2, 0) is 7.05 Å². The first kappa shape index (κ1) is 12.5. The Balaban J connectivity index is 1.80. The second-order valence-corrected chi connectivity index (χ2v) is 4.44. The van der Waals surface area contributed by atoms with Gasteiger partial charge in [0.1, 0.15) is 13.2 Å². The number of rotatable bonds is 3. The standard InChI is InChI=1S/C15H14N2O3/c1-17-12(6-7-16-17)3-4-13(18)11-2-5-14-15(10-11)20-9-8-19-14/h2-7,10H,8-9H2,1H3/b4-3+. The minimum absolute atomic E-state index is 0.0804. The number of hydrogen-bond donors (Lipinski definition) is 0. The van der Waals surface area contributed by atoms with E-state index in [9.17, 15) is 4.79 Å². The molecule has 0 saturated heterocycles. The van der Waals surface area contributed by atoms with Gasteiger partial charge < -0.3 is 9.47 Å². The number of ether oxygens (including phenoxy) is 2. The maximum atomic E-state index is 12.1. The van der Waals surface area contributed by atoms with Gasteiger partial charge in [0.2, 0.25) is 0 Å². The summed E-state index contributed by atoms with van der Waals surface area (Å²) in [5.41, 5.74) is 1.45. The van der Waals surface area contributed by atoms with E-state index in [1.54, 1.807) is 35.2 Å². The van der Waals surface area contributed by atoms with Gasteiger partial charge in [0.15, 0.2) is 17.3 Å². The summed E-state index contributed by atoms with van der Waals surface area (Å²) in [6.45, 7) is 1.05. The zero-order chi connectivity index (χ0) is 13.9. The monoisotopic (exact) mass is 270 g/mol. The van der Waals surface area contributed by atoms with Crippen LogP contribution < -0.4 is 9.47 Å². The molecule has 0 bridgehead atoms. The molecule has 3 rings (SSSR count). The molecule has 0 aliphatic carbocycles. The Kier molecular flexibility index (Phi) is 3.25. The summed E-state index contributed by atoms with van der Waals surface area (Å²) in [6.07, 6.45) is 4.96. The maximum Gasteiger partial charge on any atom is 0.186 e. The summed E-state index contributed by atoms with van der Waals surface area (Å²) in [5, 5.41) is 4.04. The molecule has 0 spiro atoms. The molecule has 102 valence electrons. The highest BCUT2D eigenvalue weighted by Gasteiger charge is 2.13. The Morgan fingerprint density at radius 1 is 1.25 bits per heavy atom. The predicted molar refractivity (Wildman–Crippen MR) is 74.0 cm³/mol. The Morgan fingerprint density at radius 2 is 2.05 bits per heavy atom. The van der Waals surface area contributed by atoms with Crippen molar-refractivity contribution in [2.45, 2.75) is 0 Å². The lowest BCUT2D eigenvalue weighted by Gasteiger charge is -2.18. The van der Waals surface area contributed by atoms with Gasteiger partial charge in [-0.05, 0) is 36.4 Å². The van der Waals surface area contributed by atoms with E-state index >= 15 is 0 Å². The molecule has 5 heteroatoms. The first-order valence-corrected chi connectivity index (χ1v) is 6.34. The van der Waals surface area contributed by atoms with Crippen LogP contribution >= 0.6 is 0 Å². The molecule has 0 saturated carbocycles. The summed E-state index contributed by atoms with van der Waals surface area (Å²) in [7, 11) is 1.83. The Bertz CT molecular complexity index is 674. The fourth-order valence-corrected chi connectivity index (χ4v) is 2.00. The van der Waals surface area contributed by atoms with Crippen molar-refractivity contribution in [3.05, 3.63) is 47.8 Å². The van der Waals surface area contributed by atoms with E-state index in [4.69, 9.17) is 9.47 Å². The van der Waals surface area contributed by atoms with Gasteiger partial charge in [-0.25, -0.2) is 0 Å². The van der Waals surface area contributed by atoms with Crippen LogP contribution in [0.2, 0.25) is 0 Å². The van der Waals surface area contributed by atoms with E-state index in [-0.39, 0.29) is 5.78 Å². The zero-order valence-corrected chi connectivity index (χ0v) is 11.1. The maximum absolute atomic E-state index is 12.1. The molecule has 5 nitrogen and oxygen atoms in total. The van der Waals surface area contributed by atoms with Crippen LogP contribution in [0.5, 0.6) is 11.5 Å². The van der Waals surface area contributed by atoms with Gasteiger partial charge >= 0.3 is 0 Å². The number of carbonyl (C=O) groups is 1. The smallest absolute Gasteiger partial charge is 0.186 e. The number of benzene rings is 1. The van der Waals surface area contributed by atoms with E-state index in [2.05, 4.69) is 5.10 Å². The Hall–Kier alpha value is -2.56. The van der Waals surface area contributed by atoms with Crippen LogP contribution in [0, 0.1) is 0 Å². The van der Waals surface area contributed by atoms with Crippen LogP contribution in [0.3, 0.4) is 0 Å². The highest BCUT2D eigenvalue weighted by Crippen LogP contribution is 2.30. The second-order valence-electron chi connectivity index (χ2n) is 4.44. The predicted octanol–water partition coefficient (Wildman–Crippen LogP) is 2.09. The van der Waals surface area contributed by atoms with Gasteiger partial charge in [0.05, 0.1) is 5.69 Å². The third-order valence-corrected chi connectivity index (χ3v) is 3.09. The lowest BCUT2D eigenvalue weighted by atomic mass is 10.1. The average molecular weight is 270 g/mol. The van der Waals surface area contributed by atoms with Crippen LogP contribution in [0.1, 0.15) is 16.1 Å². The van der Waals surface area contributed by atoms with Gasteiger partial charge in [-0.15, -0.1) is 0 Å². The van der Waals surface area contributed by atoms with Gasteiger partial charge in [0, 0.05) is 18.8 Å². The van der Waals surface area contributed by atoms with Gasteiger partial charge in [0.25, 0.3) is 0 Å². The molecule has 2 heterocycles. The number of aryl methyl sites for hydroxylation is 1. The quantitative estimate of drug-likeness (QED) is 0.633. The number of allylic oxidation sites excluding steroid dienone is 1. The van der Waals surface area contributed by atoms with Gasteiger partial charge in [-0.3, -0.25) is 9.48 Å². The molecule has 1 aromatic carbocycles. The van der Waals surface area contributed by atoms with Crippen molar-refractivity contribution < 1.29 is 14.3 Å². The number of fused-ring (bicyclic) bond motifs is 1. The highest BCUT2D eigenvalue weighted by atomic mass is 16.6. The number of hydrogen-bond acceptors (Lipinski definition) is 4. The second kappa shape index (κ2) is 5.21. The molecule has 0 atom stereocenters. The minimum atomic E-state index is -0.0804. The Morgan fingerprint density at radius 3 is 2.80 bits per heavy atom. The van der Waals surface area contributed by atoms with Crippen LogP contribution in [0.4, 0.5) is 0 Å². The SMILES string of the molecule is Cn1nccc1/C=C/C(=O)c1ccc2c(c1)OCCO2. The van der Waals surface area contributed by atoms with Crippen molar-refractivity contribution >= 4 is 11.9 Å². The fraction of sp³-hybridized carbons (Fsp3) is 0.200. The third kappa shape index (κ3) is 2.42. The molecular formula is C15H14N2O3. The first-order chi connectivity index (χ1) is 9.74. The van der Waals surface area contributed by atoms with Crippen molar-refractivity contribution in [1.82, 2.24) is 9.78 Å².